The van der Waals surface area contributed by atoms with Gasteiger partial charge < -0.3 is 9.32 Å². The van der Waals surface area contributed by atoms with Crippen molar-refractivity contribution in [3.8, 4) is 10.8 Å². The molecule has 1 aliphatic rings. The summed E-state index contributed by atoms with van der Waals surface area (Å²) in [5.74, 6) is 0.165. The number of hydrogen-bond donors (Lipinski definition) is 0. The SMILES string of the molecule is CC1CCc2ccncc2N(Cc2ncc(-c3nnc(C(C)F)o3)s2)C1=O. The van der Waals surface area contributed by atoms with Crippen LogP contribution in [0.1, 0.15) is 42.9 Å². The summed E-state index contributed by atoms with van der Waals surface area (Å²) in [6, 6.07) is 1.96. The molecule has 9 heteroatoms. The Labute approximate surface area is 159 Å². The number of carbonyl (C=O) groups excluding carboxylic acids is 1. The first-order valence-corrected chi connectivity index (χ1v) is 9.51. The molecule has 0 spiro atoms. The molecule has 0 saturated heterocycles. The zero-order valence-electron chi connectivity index (χ0n) is 14.9. The van der Waals surface area contributed by atoms with Gasteiger partial charge in [-0.3, -0.25) is 9.78 Å². The van der Waals surface area contributed by atoms with Crippen LogP contribution in [0.2, 0.25) is 0 Å². The Bertz CT molecular complexity index is 970. The number of aromatic nitrogens is 4. The van der Waals surface area contributed by atoms with Crippen LogP contribution in [0.5, 0.6) is 0 Å². The van der Waals surface area contributed by atoms with E-state index in [1.807, 2.05) is 13.0 Å². The number of alkyl halides is 1. The van der Waals surface area contributed by atoms with E-state index in [4.69, 9.17) is 4.42 Å². The van der Waals surface area contributed by atoms with Crippen LogP contribution >= 0.6 is 11.3 Å². The van der Waals surface area contributed by atoms with Crippen LogP contribution in [0.3, 0.4) is 0 Å². The highest BCUT2D eigenvalue weighted by Crippen LogP contribution is 2.32. The van der Waals surface area contributed by atoms with Crippen LogP contribution in [0.4, 0.5) is 10.1 Å². The summed E-state index contributed by atoms with van der Waals surface area (Å²) in [5.41, 5.74) is 1.94. The predicted molar refractivity (Wildman–Crippen MR) is 97.8 cm³/mol. The summed E-state index contributed by atoms with van der Waals surface area (Å²) in [6.07, 6.45) is 5.41. The van der Waals surface area contributed by atoms with Gasteiger partial charge in [0, 0.05) is 12.1 Å². The second-order valence-corrected chi connectivity index (χ2v) is 7.66. The maximum Gasteiger partial charge on any atom is 0.259 e. The molecule has 0 aromatic carbocycles. The molecular formula is C18H18FN5O2S. The molecule has 3 aromatic rings. The number of hydrogen-bond acceptors (Lipinski definition) is 7. The quantitative estimate of drug-likeness (QED) is 0.678. The Morgan fingerprint density at radius 3 is 3.04 bits per heavy atom. The minimum absolute atomic E-state index is 0.0588. The Balaban J connectivity index is 1.61. The normalized spacial score (nSPS) is 18.3. The lowest BCUT2D eigenvalue weighted by Crippen LogP contribution is -2.33. The second-order valence-electron chi connectivity index (χ2n) is 6.55. The maximum absolute atomic E-state index is 13.3. The summed E-state index contributed by atoms with van der Waals surface area (Å²) in [5, 5.41) is 8.30. The van der Waals surface area contributed by atoms with Gasteiger partial charge in [-0.25, -0.2) is 9.37 Å². The summed E-state index contributed by atoms with van der Waals surface area (Å²) in [7, 11) is 0. The van der Waals surface area contributed by atoms with Crippen LogP contribution in [0, 0.1) is 5.92 Å². The largest absolute Gasteiger partial charge is 0.417 e. The average Bonchev–Trinajstić information content (AvgIpc) is 3.31. The maximum atomic E-state index is 13.3. The van der Waals surface area contributed by atoms with E-state index in [9.17, 15) is 9.18 Å². The van der Waals surface area contributed by atoms with Crippen molar-refractivity contribution in [3.63, 3.8) is 0 Å². The van der Waals surface area contributed by atoms with Gasteiger partial charge in [0.1, 0.15) is 9.88 Å². The van der Waals surface area contributed by atoms with Gasteiger partial charge in [-0.15, -0.1) is 21.5 Å². The monoisotopic (exact) mass is 387 g/mol. The minimum Gasteiger partial charge on any atom is -0.417 e. The van der Waals surface area contributed by atoms with Gasteiger partial charge in [0.25, 0.3) is 11.8 Å². The lowest BCUT2D eigenvalue weighted by Gasteiger charge is -2.23. The van der Waals surface area contributed by atoms with Crippen LogP contribution in [0.25, 0.3) is 10.8 Å². The number of carbonyl (C=O) groups is 1. The second kappa shape index (κ2) is 7.15. The average molecular weight is 387 g/mol. The molecule has 0 bridgehead atoms. The van der Waals surface area contributed by atoms with Crippen molar-refractivity contribution in [3.05, 3.63) is 41.1 Å². The van der Waals surface area contributed by atoms with Crippen molar-refractivity contribution in [2.75, 3.05) is 4.90 Å². The first-order chi connectivity index (χ1) is 13.0. The van der Waals surface area contributed by atoms with E-state index in [0.29, 0.717) is 11.4 Å². The fourth-order valence-corrected chi connectivity index (χ4v) is 3.85. The van der Waals surface area contributed by atoms with Gasteiger partial charge >= 0.3 is 0 Å². The number of halogens is 1. The minimum atomic E-state index is -1.32. The number of fused-ring (bicyclic) bond motifs is 1. The number of anilines is 1. The van der Waals surface area contributed by atoms with E-state index in [0.717, 1.165) is 29.1 Å². The molecule has 27 heavy (non-hydrogen) atoms. The molecule has 2 unspecified atom stereocenters. The lowest BCUT2D eigenvalue weighted by atomic mass is 10.0. The number of thiazole rings is 1. The molecule has 0 fully saturated rings. The van der Waals surface area contributed by atoms with Crippen molar-refractivity contribution in [2.45, 2.75) is 39.4 Å². The molecule has 0 N–H and O–H groups in total. The number of nitrogens with zero attached hydrogens (tertiary/aromatic N) is 5. The molecule has 3 aromatic heterocycles. The van der Waals surface area contributed by atoms with Crippen LogP contribution in [-0.2, 0) is 17.8 Å². The van der Waals surface area contributed by atoms with Crippen molar-refractivity contribution in [1.29, 1.82) is 0 Å². The molecule has 0 aliphatic carbocycles. The summed E-state index contributed by atoms with van der Waals surface area (Å²) in [6.45, 7) is 3.63. The molecule has 2 atom stereocenters. The molecule has 0 radical (unpaired) electrons. The number of aryl methyl sites for hydroxylation is 1. The third-order valence-electron chi connectivity index (χ3n) is 4.55. The van der Waals surface area contributed by atoms with Crippen molar-refractivity contribution in [1.82, 2.24) is 20.2 Å². The zero-order valence-corrected chi connectivity index (χ0v) is 15.7. The highest BCUT2D eigenvalue weighted by Gasteiger charge is 2.28. The first-order valence-electron chi connectivity index (χ1n) is 8.69. The fourth-order valence-electron chi connectivity index (χ4n) is 3.03. The Hall–Kier alpha value is -2.68. The topological polar surface area (TPSA) is 85.0 Å². The number of amides is 1. The van der Waals surface area contributed by atoms with Crippen LogP contribution in [-0.4, -0.2) is 26.1 Å². The summed E-state index contributed by atoms with van der Waals surface area (Å²) in [4.78, 5) is 23.8. The van der Waals surface area contributed by atoms with Gasteiger partial charge in [0.05, 0.1) is 24.6 Å². The van der Waals surface area contributed by atoms with Crippen LogP contribution in [0.15, 0.2) is 29.1 Å². The number of rotatable bonds is 4. The molecule has 0 saturated carbocycles. The zero-order chi connectivity index (χ0) is 19.0. The summed E-state index contributed by atoms with van der Waals surface area (Å²) >= 11 is 1.35. The predicted octanol–water partition coefficient (Wildman–Crippen LogP) is 3.73. The van der Waals surface area contributed by atoms with Crippen LogP contribution < -0.4 is 4.90 Å². The highest BCUT2D eigenvalue weighted by molar-refractivity contribution is 7.15. The van der Waals surface area contributed by atoms with Gasteiger partial charge in [0.15, 0.2) is 6.17 Å². The lowest BCUT2D eigenvalue weighted by molar-refractivity contribution is -0.122. The van der Waals surface area contributed by atoms with Gasteiger partial charge in [-0.1, -0.05) is 6.92 Å². The van der Waals surface area contributed by atoms with E-state index in [-0.39, 0.29) is 23.6 Å². The molecule has 4 rings (SSSR count). The van der Waals surface area contributed by atoms with Crippen molar-refractivity contribution >= 4 is 22.9 Å². The molecular weight excluding hydrogens is 369 g/mol. The van der Waals surface area contributed by atoms with Gasteiger partial charge in [-0.2, -0.15) is 0 Å². The van der Waals surface area contributed by atoms with Gasteiger partial charge in [0.2, 0.25) is 5.91 Å². The molecule has 140 valence electrons. The van der Waals surface area contributed by atoms with E-state index in [1.165, 1.54) is 18.3 Å². The van der Waals surface area contributed by atoms with E-state index in [2.05, 4.69) is 20.2 Å². The molecule has 4 heterocycles. The van der Waals surface area contributed by atoms with E-state index >= 15 is 0 Å². The Kier molecular flexibility index (Phi) is 4.69. The third kappa shape index (κ3) is 3.46. The molecule has 1 amide bonds. The summed E-state index contributed by atoms with van der Waals surface area (Å²) < 4.78 is 18.6. The first kappa shape index (κ1) is 17.7. The Morgan fingerprint density at radius 1 is 1.41 bits per heavy atom. The van der Waals surface area contributed by atoms with E-state index < -0.39 is 6.17 Å². The smallest absolute Gasteiger partial charge is 0.259 e. The molecule has 7 nitrogen and oxygen atoms in total. The molecule has 1 aliphatic heterocycles. The van der Waals surface area contributed by atoms with E-state index in [1.54, 1.807) is 23.5 Å². The standard InChI is InChI=1S/C18H18FN5O2S/c1-10-3-4-12-5-6-20-7-13(12)24(18(10)25)9-15-21-8-14(27-15)17-23-22-16(26-17)11(2)19/h5-8,10-11H,3-4,9H2,1-2H3. The Morgan fingerprint density at radius 2 is 2.26 bits per heavy atom. The van der Waals surface area contributed by atoms with Crippen molar-refractivity contribution < 1.29 is 13.6 Å². The van der Waals surface area contributed by atoms with Gasteiger partial charge in [-0.05, 0) is 31.4 Å². The van der Waals surface area contributed by atoms with Crippen molar-refractivity contribution in [2.24, 2.45) is 5.92 Å². The number of pyridine rings is 1. The fraction of sp³-hybridized carbons (Fsp3) is 0.389. The highest BCUT2D eigenvalue weighted by atomic mass is 32.1. The third-order valence-corrected chi connectivity index (χ3v) is 5.52.